The lowest BCUT2D eigenvalue weighted by Gasteiger charge is -2.26. The highest BCUT2D eigenvalue weighted by Crippen LogP contribution is 2.18. The van der Waals surface area contributed by atoms with Crippen molar-refractivity contribution in [1.82, 2.24) is 15.2 Å². The van der Waals surface area contributed by atoms with E-state index in [9.17, 15) is 9.59 Å². The number of para-hydroxylation sites is 1. The quantitative estimate of drug-likeness (QED) is 0.505. The van der Waals surface area contributed by atoms with Crippen LogP contribution in [-0.4, -0.2) is 42.0 Å². The zero-order chi connectivity index (χ0) is 22.2. The molecule has 4 rings (SSSR count). The molecule has 168 valence electrons. The van der Waals surface area contributed by atoms with Crippen LogP contribution in [0.25, 0.3) is 10.9 Å². The van der Waals surface area contributed by atoms with Gasteiger partial charge in [0.1, 0.15) is 5.75 Å². The minimum absolute atomic E-state index is 0.0933. The maximum Gasteiger partial charge on any atom is 0.248 e. The number of nitrogens with zero attached hydrogens (tertiary/aromatic N) is 1. The Morgan fingerprint density at radius 2 is 1.88 bits per heavy atom. The van der Waals surface area contributed by atoms with E-state index in [1.165, 1.54) is 44.0 Å². The van der Waals surface area contributed by atoms with Crippen LogP contribution in [0.3, 0.4) is 0 Å². The lowest BCUT2D eigenvalue weighted by molar-refractivity contribution is -0.120. The van der Waals surface area contributed by atoms with Gasteiger partial charge in [-0.1, -0.05) is 36.8 Å². The van der Waals surface area contributed by atoms with Gasteiger partial charge in [0.25, 0.3) is 0 Å². The monoisotopic (exact) mass is 433 g/mol. The first kappa shape index (κ1) is 22.1. The molecule has 32 heavy (non-hydrogen) atoms. The van der Waals surface area contributed by atoms with Crippen molar-refractivity contribution in [1.29, 1.82) is 0 Å². The van der Waals surface area contributed by atoms with Crippen LogP contribution in [0.2, 0.25) is 0 Å². The SMILES string of the molecule is O=C(Cc1cc(=O)[nH]c2ccccc12)NCCCOc1cccc(CN2CCCCC2)c1. The molecule has 0 bridgehead atoms. The topological polar surface area (TPSA) is 74.4 Å². The molecule has 2 aromatic carbocycles. The molecule has 0 radical (unpaired) electrons. The number of pyridine rings is 1. The van der Waals surface area contributed by atoms with Crippen LogP contribution >= 0.6 is 0 Å². The molecule has 1 amide bonds. The Labute approximate surface area is 188 Å². The van der Waals surface area contributed by atoms with E-state index in [1.54, 1.807) is 0 Å². The molecule has 1 aromatic heterocycles. The highest BCUT2D eigenvalue weighted by molar-refractivity contribution is 5.87. The molecular formula is C26H31N3O3. The second-order valence-corrected chi connectivity index (χ2v) is 8.42. The number of aromatic amines is 1. The fourth-order valence-electron chi connectivity index (χ4n) is 4.26. The second kappa shape index (κ2) is 11.0. The number of benzene rings is 2. The van der Waals surface area contributed by atoms with Crippen molar-refractivity contribution in [2.75, 3.05) is 26.2 Å². The van der Waals surface area contributed by atoms with E-state index in [-0.39, 0.29) is 17.9 Å². The second-order valence-electron chi connectivity index (χ2n) is 8.42. The number of rotatable bonds is 9. The lowest BCUT2D eigenvalue weighted by atomic mass is 10.1. The van der Waals surface area contributed by atoms with Crippen molar-refractivity contribution in [3.8, 4) is 5.75 Å². The molecule has 6 heteroatoms. The Bertz CT molecular complexity index is 1100. The summed E-state index contributed by atoms with van der Waals surface area (Å²) in [7, 11) is 0. The number of hydrogen-bond donors (Lipinski definition) is 2. The van der Waals surface area contributed by atoms with Gasteiger partial charge in [0.05, 0.1) is 13.0 Å². The van der Waals surface area contributed by atoms with Crippen molar-refractivity contribution >= 4 is 16.8 Å². The van der Waals surface area contributed by atoms with Gasteiger partial charge in [0.2, 0.25) is 11.5 Å². The number of carbonyl (C=O) groups excluding carboxylic acids is 1. The van der Waals surface area contributed by atoms with Gasteiger partial charge in [-0.05, 0) is 61.7 Å². The van der Waals surface area contributed by atoms with Crippen LogP contribution in [0.4, 0.5) is 0 Å². The van der Waals surface area contributed by atoms with Crippen molar-refractivity contribution in [2.24, 2.45) is 0 Å². The Morgan fingerprint density at radius 3 is 2.75 bits per heavy atom. The zero-order valence-corrected chi connectivity index (χ0v) is 18.4. The highest BCUT2D eigenvalue weighted by atomic mass is 16.5. The van der Waals surface area contributed by atoms with Gasteiger partial charge in [-0.2, -0.15) is 0 Å². The van der Waals surface area contributed by atoms with Crippen molar-refractivity contribution in [3.63, 3.8) is 0 Å². The van der Waals surface area contributed by atoms with E-state index in [1.807, 2.05) is 36.4 Å². The maximum atomic E-state index is 12.4. The van der Waals surface area contributed by atoms with Gasteiger partial charge in [-0.25, -0.2) is 0 Å². The van der Waals surface area contributed by atoms with Gasteiger partial charge < -0.3 is 15.0 Å². The summed E-state index contributed by atoms with van der Waals surface area (Å²) in [6.07, 6.45) is 4.83. The van der Waals surface area contributed by atoms with E-state index < -0.39 is 0 Å². The Hall–Kier alpha value is -3.12. The summed E-state index contributed by atoms with van der Waals surface area (Å²) in [6, 6.07) is 17.3. The Kier molecular flexibility index (Phi) is 7.56. The first-order valence-corrected chi connectivity index (χ1v) is 11.5. The number of carbonyl (C=O) groups is 1. The fraction of sp³-hybridized carbons (Fsp3) is 0.385. The summed E-state index contributed by atoms with van der Waals surface area (Å²) in [6.45, 7) is 4.41. The standard InChI is InChI=1S/C26H31N3O3/c30-25(17-21-18-26(31)28-24-11-3-2-10-23(21)24)27-12-7-15-32-22-9-6-8-20(16-22)19-29-13-4-1-5-14-29/h2-3,6,8-11,16,18H,1,4-5,7,12-15,17,19H2,(H,27,30)(H,28,31). The number of ether oxygens (including phenoxy) is 1. The van der Waals surface area contributed by atoms with E-state index in [4.69, 9.17) is 4.74 Å². The normalized spacial score (nSPS) is 14.4. The first-order valence-electron chi connectivity index (χ1n) is 11.5. The summed E-state index contributed by atoms with van der Waals surface area (Å²) in [4.78, 5) is 29.5. The van der Waals surface area contributed by atoms with Crippen LogP contribution in [-0.2, 0) is 17.8 Å². The van der Waals surface area contributed by atoms with E-state index >= 15 is 0 Å². The summed E-state index contributed by atoms with van der Waals surface area (Å²) in [5.41, 5.74) is 2.58. The largest absolute Gasteiger partial charge is 0.494 e. The molecule has 0 aliphatic carbocycles. The third-order valence-electron chi connectivity index (χ3n) is 5.85. The number of amides is 1. The molecule has 6 nitrogen and oxygen atoms in total. The van der Waals surface area contributed by atoms with Crippen LogP contribution in [0.1, 0.15) is 36.8 Å². The molecule has 2 N–H and O–H groups in total. The lowest BCUT2D eigenvalue weighted by Crippen LogP contribution is -2.29. The van der Waals surface area contributed by atoms with Crippen LogP contribution in [0.15, 0.2) is 59.4 Å². The number of nitrogens with one attached hydrogen (secondary N) is 2. The molecule has 1 fully saturated rings. The predicted octanol–water partition coefficient (Wildman–Crippen LogP) is 3.64. The van der Waals surface area contributed by atoms with Gasteiger partial charge in [0.15, 0.2) is 0 Å². The summed E-state index contributed by atoms with van der Waals surface area (Å²) >= 11 is 0. The molecule has 3 aromatic rings. The summed E-state index contributed by atoms with van der Waals surface area (Å²) in [5, 5.41) is 3.83. The molecular weight excluding hydrogens is 402 g/mol. The third kappa shape index (κ3) is 6.20. The number of hydrogen-bond acceptors (Lipinski definition) is 4. The Morgan fingerprint density at radius 1 is 1.03 bits per heavy atom. The number of aromatic nitrogens is 1. The molecule has 2 heterocycles. The van der Waals surface area contributed by atoms with Gasteiger partial charge >= 0.3 is 0 Å². The zero-order valence-electron chi connectivity index (χ0n) is 18.4. The molecule has 0 unspecified atom stereocenters. The predicted molar refractivity (Wildman–Crippen MR) is 127 cm³/mol. The van der Waals surface area contributed by atoms with Crippen molar-refractivity contribution in [3.05, 3.63) is 76.1 Å². The van der Waals surface area contributed by atoms with Gasteiger partial charge in [-0.15, -0.1) is 0 Å². The smallest absolute Gasteiger partial charge is 0.248 e. The third-order valence-corrected chi connectivity index (χ3v) is 5.85. The summed E-state index contributed by atoms with van der Waals surface area (Å²) < 4.78 is 5.89. The molecule has 1 aliphatic heterocycles. The van der Waals surface area contributed by atoms with Crippen LogP contribution in [0, 0.1) is 0 Å². The number of fused-ring (bicyclic) bond motifs is 1. The molecule has 0 spiro atoms. The van der Waals surface area contributed by atoms with E-state index in [0.29, 0.717) is 13.2 Å². The average Bonchev–Trinajstić information content (AvgIpc) is 2.80. The van der Waals surface area contributed by atoms with Gasteiger partial charge in [-0.3, -0.25) is 14.5 Å². The fourth-order valence-corrected chi connectivity index (χ4v) is 4.26. The van der Waals surface area contributed by atoms with Crippen LogP contribution in [0.5, 0.6) is 5.75 Å². The minimum Gasteiger partial charge on any atom is -0.494 e. The molecule has 1 saturated heterocycles. The maximum absolute atomic E-state index is 12.4. The molecule has 0 saturated carbocycles. The number of H-pyrrole nitrogens is 1. The molecule has 0 atom stereocenters. The first-order chi connectivity index (χ1) is 15.7. The summed E-state index contributed by atoms with van der Waals surface area (Å²) in [5.74, 6) is 0.782. The van der Waals surface area contributed by atoms with Crippen molar-refractivity contribution in [2.45, 2.75) is 38.6 Å². The van der Waals surface area contributed by atoms with E-state index in [2.05, 4.69) is 27.3 Å². The van der Waals surface area contributed by atoms with E-state index in [0.717, 1.165) is 35.2 Å². The van der Waals surface area contributed by atoms with Crippen LogP contribution < -0.4 is 15.6 Å². The molecule has 1 aliphatic rings. The van der Waals surface area contributed by atoms with Crippen molar-refractivity contribution < 1.29 is 9.53 Å². The number of piperidine rings is 1. The average molecular weight is 434 g/mol. The van der Waals surface area contributed by atoms with Gasteiger partial charge in [0, 0.05) is 30.1 Å². The Balaban J connectivity index is 1.20. The number of likely N-dealkylation sites (tertiary alicyclic amines) is 1. The minimum atomic E-state index is -0.192. The highest BCUT2D eigenvalue weighted by Gasteiger charge is 2.11.